The van der Waals surface area contributed by atoms with Crippen molar-refractivity contribution in [3.63, 3.8) is 0 Å². The van der Waals surface area contributed by atoms with E-state index in [2.05, 4.69) is 10.4 Å². The summed E-state index contributed by atoms with van der Waals surface area (Å²) in [6.07, 6.45) is 5.17. The molecular formula is C13H22N4O2. The lowest BCUT2D eigenvalue weighted by Gasteiger charge is -2.34. The van der Waals surface area contributed by atoms with Crippen LogP contribution in [0.25, 0.3) is 0 Å². The van der Waals surface area contributed by atoms with Gasteiger partial charge in [-0.3, -0.25) is 9.48 Å². The number of hydrogen-bond acceptors (Lipinski definition) is 4. The highest BCUT2D eigenvalue weighted by molar-refractivity contribution is 5.83. The van der Waals surface area contributed by atoms with Crippen molar-refractivity contribution in [3.8, 4) is 0 Å². The van der Waals surface area contributed by atoms with E-state index in [9.17, 15) is 4.79 Å². The van der Waals surface area contributed by atoms with Gasteiger partial charge in [-0.1, -0.05) is 0 Å². The highest BCUT2D eigenvalue weighted by Gasteiger charge is 2.38. The van der Waals surface area contributed by atoms with E-state index in [4.69, 9.17) is 10.5 Å². The molecule has 0 spiro atoms. The number of amides is 1. The number of rotatable bonds is 5. The summed E-state index contributed by atoms with van der Waals surface area (Å²) in [5.74, 6) is 0.0437. The Morgan fingerprint density at radius 3 is 2.89 bits per heavy atom. The first-order chi connectivity index (χ1) is 9.16. The molecule has 2 rings (SSSR count). The summed E-state index contributed by atoms with van der Waals surface area (Å²) in [6, 6.07) is 0. The Hall–Kier alpha value is -1.40. The SMILES string of the molecule is Cc1cnn(CCNC(=O)C2(CN)CCOCC2)c1. The number of nitrogens with one attached hydrogen (secondary N) is 1. The van der Waals surface area contributed by atoms with Crippen molar-refractivity contribution in [1.82, 2.24) is 15.1 Å². The Labute approximate surface area is 113 Å². The van der Waals surface area contributed by atoms with Crippen molar-refractivity contribution in [2.75, 3.05) is 26.3 Å². The number of aromatic nitrogens is 2. The van der Waals surface area contributed by atoms with Gasteiger partial charge in [-0.15, -0.1) is 0 Å². The molecule has 1 amide bonds. The van der Waals surface area contributed by atoms with Gasteiger partial charge in [0.25, 0.3) is 0 Å². The lowest BCUT2D eigenvalue weighted by molar-refractivity contribution is -0.135. The maximum absolute atomic E-state index is 12.3. The van der Waals surface area contributed by atoms with E-state index in [1.54, 1.807) is 0 Å². The first-order valence-corrected chi connectivity index (χ1v) is 6.71. The van der Waals surface area contributed by atoms with Crippen molar-refractivity contribution >= 4 is 5.91 Å². The van der Waals surface area contributed by atoms with Gasteiger partial charge in [0.05, 0.1) is 18.2 Å². The lowest BCUT2D eigenvalue weighted by Crippen LogP contribution is -2.49. The Kier molecular flexibility index (Phi) is 4.55. The van der Waals surface area contributed by atoms with Gasteiger partial charge in [0.15, 0.2) is 0 Å². The van der Waals surface area contributed by atoms with Crippen LogP contribution in [0.2, 0.25) is 0 Å². The Bertz CT molecular complexity index is 424. The van der Waals surface area contributed by atoms with Crippen molar-refractivity contribution < 1.29 is 9.53 Å². The zero-order valence-electron chi connectivity index (χ0n) is 11.4. The van der Waals surface area contributed by atoms with E-state index in [1.807, 2.05) is 24.0 Å². The third-order valence-electron chi connectivity index (χ3n) is 3.71. The van der Waals surface area contributed by atoms with Crippen LogP contribution in [0.1, 0.15) is 18.4 Å². The fourth-order valence-corrected chi connectivity index (χ4v) is 2.35. The minimum Gasteiger partial charge on any atom is -0.381 e. The second-order valence-corrected chi connectivity index (χ2v) is 5.13. The summed E-state index contributed by atoms with van der Waals surface area (Å²) in [5.41, 5.74) is 6.46. The highest BCUT2D eigenvalue weighted by Crippen LogP contribution is 2.29. The minimum absolute atomic E-state index is 0.0437. The van der Waals surface area contributed by atoms with E-state index in [1.165, 1.54) is 0 Å². The number of carbonyl (C=O) groups excluding carboxylic acids is 1. The molecule has 0 aromatic carbocycles. The monoisotopic (exact) mass is 266 g/mol. The van der Waals surface area contributed by atoms with Gasteiger partial charge in [-0.05, 0) is 25.3 Å². The number of nitrogens with zero attached hydrogens (tertiary/aromatic N) is 2. The Balaban J connectivity index is 1.82. The van der Waals surface area contributed by atoms with Gasteiger partial charge in [0, 0.05) is 32.5 Å². The Morgan fingerprint density at radius 1 is 1.58 bits per heavy atom. The second-order valence-electron chi connectivity index (χ2n) is 5.13. The topological polar surface area (TPSA) is 82.2 Å². The van der Waals surface area contributed by atoms with E-state index >= 15 is 0 Å². The summed E-state index contributed by atoms with van der Waals surface area (Å²) >= 11 is 0. The third-order valence-corrected chi connectivity index (χ3v) is 3.71. The molecular weight excluding hydrogens is 244 g/mol. The number of hydrogen-bond donors (Lipinski definition) is 2. The van der Waals surface area contributed by atoms with Gasteiger partial charge in [0.1, 0.15) is 0 Å². The maximum Gasteiger partial charge on any atom is 0.227 e. The van der Waals surface area contributed by atoms with Gasteiger partial charge < -0.3 is 15.8 Å². The van der Waals surface area contributed by atoms with Crippen LogP contribution >= 0.6 is 0 Å². The molecule has 2 heterocycles. The van der Waals surface area contributed by atoms with Crippen LogP contribution in [0.15, 0.2) is 12.4 Å². The molecule has 6 heteroatoms. The molecule has 3 N–H and O–H groups in total. The lowest BCUT2D eigenvalue weighted by atomic mass is 9.79. The van der Waals surface area contributed by atoms with Crippen LogP contribution in [0.4, 0.5) is 0 Å². The summed E-state index contributed by atoms with van der Waals surface area (Å²) in [4.78, 5) is 12.3. The molecule has 0 aliphatic carbocycles. The van der Waals surface area contributed by atoms with Gasteiger partial charge >= 0.3 is 0 Å². The van der Waals surface area contributed by atoms with Gasteiger partial charge in [-0.2, -0.15) is 5.10 Å². The predicted molar refractivity (Wildman–Crippen MR) is 71.5 cm³/mol. The van der Waals surface area contributed by atoms with E-state index in [-0.39, 0.29) is 5.91 Å². The van der Waals surface area contributed by atoms with E-state index in [0.717, 1.165) is 5.56 Å². The fraction of sp³-hybridized carbons (Fsp3) is 0.692. The molecule has 0 saturated carbocycles. The summed E-state index contributed by atoms with van der Waals surface area (Å²) in [6.45, 7) is 4.85. The van der Waals surface area contributed by atoms with E-state index in [0.29, 0.717) is 45.7 Å². The summed E-state index contributed by atoms with van der Waals surface area (Å²) < 4.78 is 7.13. The molecule has 1 aromatic heterocycles. The molecule has 6 nitrogen and oxygen atoms in total. The largest absolute Gasteiger partial charge is 0.381 e. The predicted octanol–water partition coefficient (Wildman–Crippen LogP) is 0.0632. The average molecular weight is 266 g/mol. The van der Waals surface area contributed by atoms with Crippen LogP contribution in [0, 0.1) is 12.3 Å². The molecule has 0 atom stereocenters. The van der Waals surface area contributed by atoms with Crippen LogP contribution in [-0.4, -0.2) is 42.0 Å². The van der Waals surface area contributed by atoms with Crippen LogP contribution in [0.5, 0.6) is 0 Å². The van der Waals surface area contributed by atoms with Crippen molar-refractivity contribution in [2.45, 2.75) is 26.3 Å². The second kappa shape index (κ2) is 6.16. The zero-order valence-corrected chi connectivity index (χ0v) is 11.4. The number of carbonyl (C=O) groups is 1. The number of ether oxygens (including phenoxy) is 1. The molecule has 1 fully saturated rings. The molecule has 1 aliphatic heterocycles. The standard InChI is InChI=1S/C13H22N4O2/c1-11-8-16-17(9-11)5-4-15-12(18)13(10-14)2-6-19-7-3-13/h8-9H,2-7,10,14H2,1H3,(H,15,18). The maximum atomic E-state index is 12.3. The van der Waals surface area contributed by atoms with Crippen LogP contribution in [0.3, 0.4) is 0 Å². The average Bonchev–Trinajstić information content (AvgIpc) is 2.85. The molecule has 1 aromatic rings. The smallest absolute Gasteiger partial charge is 0.227 e. The number of nitrogens with two attached hydrogens (primary N) is 1. The molecule has 19 heavy (non-hydrogen) atoms. The molecule has 106 valence electrons. The van der Waals surface area contributed by atoms with Crippen molar-refractivity contribution in [1.29, 1.82) is 0 Å². The quantitative estimate of drug-likeness (QED) is 0.789. The zero-order chi connectivity index (χ0) is 13.7. The minimum atomic E-state index is -0.446. The van der Waals surface area contributed by atoms with Crippen LogP contribution in [-0.2, 0) is 16.1 Å². The van der Waals surface area contributed by atoms with E-state index < -0.39 is 5.41 Å². The normalized spacial score (nSPS) is 18.2. The van der Waals surface area contributed by atoms with Crippen molar-refractivity contribution in [2.24, 2.45) is 11.1 Å². The van der Waals surface area contributed by atoms with Gasteiger partial charge in [0.2, 0.25) is 5.91 Å². The summed E-state index contributed by atoms with van der Waals surface area (Å²) in [5, 5.41) is 7.15. The molecule has 1 aliphatic rings. The van der Waals surface area contributed by atoms with Gasteiger partial charge in [-0.25, -0.2) is 0 Å². The first kappa shape index (κ1) is 14.0. The fourth-order valence-electron chi connectivity index (χ4n) is 2.35. The third kappa shape index (κ3) is 3.33. The molecule has 0 radical (unpaired) electrons. The molecule has 1 saturated heterocycles. The summed E-state index contributed by atoms with van der Waals surface area (Å²) in [7, 11) is 0. The highest BCUT2D eigenvalue weighted by atomic mass is 16.5. The van der Waals surface area contributed by atoms with Crippen LogP contribution < -0.4 is 11.1 Å². The first-order valence-electron chi connectivity index (χ1n) is 6.71. The Morgan fingerprint density at radius 2 is 2.32 bits per heavy atom. The van der Waals surface area contributed by atoms with Crippen molar-refractivity contribution in [3.05, 3.63) is 18.0 Å². The molecule has 0 unspecified atom stereocenters. The molecule has 0 bridgehead atoms. The number of aryl methyl sites for hydroxylation is 1.